The number of ether oxygens (including phenoxy) is 1. The van der Waals surface area contributed by atoms with E-state index in [2.05, 4.69) is 0 Å². The van der Waals surface area contributed by atoms with Crippen LogP contribution in [-0.4, -0.2) is 29.3 Å². The molecule has 16 heavy (non-hydrogen) atoms. The van der Waals surface area contributed by atoms with E-state index in [1.54, 1.807) is 6.26 Å². The van der Waals surface area contributed by atoms with Crippen LogP contribution in [0, 0.1) is 0 Å². The van der Waals surface area contributed by atoms with E-state index in [4.69, 9.17) is 4.74 Å². The summed E-state index contributed by atoms with van der Waals surface area (Å²) in [6, 6.07) is 9.44. The molecule has 2 atom stereocenters. The number of hydrogen-bond acceptors (Lipinski definition) is 3. The summed E-state index contributed by atoms with van der Waals surface area (Å²) in [6.07, 6.45) is 2.19. The Kier molecular flexibility index (Phi) is 5.19. The van der Waals surface area contributed by atoms with Crippen LogP contribution in [0.2, 0.25) is 0 Å². The molecule has 0 heterocycles. The molecule has 0 N–H and O–H groups in total. The predicted molar refractivity (Wildman–Crippen MR) is 64.7 cm³/mol. The molecule has 1 rings (SSSR count). The second-order valence-corrected chi connectivity index (χ2v) is 5.11. The van der Waals surface area contributed by atoms with E-state index in [1.165, 1.54) is 7.11 Å². The Balaban J connectivity index is 2.79. The number of hydrogen-bond donors (Lipinski definition) is 0. The minimum atomic E-state index is -0.886. The van der Waals surface area contributed by atoms with Gasteiger partial charge < -0.3 is 4.74 Å². The van der Waals surface area contributed by atoms with E-state index < -0.39 is 10.8 Å². The molecule has 0 saturated carbocycles. The normalized spacial score (nSPS) is 14.1. The van der Waals surface area contributed by atoms with Crippen molar-refractivity contribution in [3.63, 3.8) is 0 Å². The Labute approximate surface area is 98.3 Å². The van der Waals surface area contributed by atoms with Crippen LogP contribution in [-0.2, 0) is 20.3 Å². The summed E-state index contributed by atoms with van der Waals surface area (Å²) in [5, 5.41) is 0. The van der Waals surface area contributed by atoms with Crippen LogP contribution in [0.1, 0.15) is 17.9 Å². The fourth-order valence-electron chi connectivity index (χ4n) is 1.53. The molecule has 0 saturated heterocycles. The van der Waals surface area contributed by atoms with E-state index in [1.807, 2.05) is 30.3 Å². The summed E-state index contributed by atoms with van der Waals surface area (Å²) < 4.78 is 15.8. The standard InChI is InChI=1S/C12H16O3S/c1-15-12(13)11(8-9-16(2)14)10-6-4-3-5-7-10/h3-7,11H,8-9H2,1-2H3. The fourth-order valence-corrected chi connectivity index (χ4v) is 2.10. The molecule has 0 aliphatic carbocycles. The van der Waals surface area contributed by atoms with Crippen LogP contribution >= 0.6 is 0 Å². The molecule has 88 valence electrons. The zero-order valence-electron chi connectivity index (χ0n) is 9.51. The molecule has 0 amide bonds. The van der Waals surface area contributed by atoms with Gasteiger partial charge in [-0.2, -0.15) is 0 Å². The Morgan fingerprint density at radius 3 is 2.50 bits per heavy atom. The highest BCUT2D eigenvalue weighted by molar-refractivity contribution is 7.84. The van der Waals surface area contributed by atoms with Crippen LogP contribution in [0.5, 0.6) is 0 Å². The molecule has 4 heteroatoms. The van der Waals surface area contributed by atoms with Gasteiger partial charge in [0.2, 0.25) is 0 Å². The third-order valence-corrected chi connectivity index (χ3v) is 3.19. The van der Waals surface area contributed by atoms with Gasteiger partial charge in [-0.05, 0) is 12.0 Å². The van der Waals surface area contributed by atoms with Crippen molar-refractivity contribution in [2.24, 2.45) is 0 Å². The average Bonchev–Trinajstić information content (AvgIpc) is 2.30. The maximum absolute atomic E-state index is 11.6. The first-order chi connectivity index (χ1) is 7.65. The van der Waals surface area contributed by atoms with Gasteiger partial charge in [0.1, 0.15) is 0 Å². The molecule has 0 bridgehead atoms. The van der Waals surface area contributed by atoms with Crippen molar-refractivity contribution in [1.82, 2.24) is 0 Å². The SMILES string of the molecule is COC(=O)C(CCS(C)=O)c1ccccc1. The Morgan fingerprint density at radius 2 is 2.00 bits per heavy atom. The van der Waals surface area contributed by atoms with Crippen molar-refractivity contribution in [3.05, 3.63) is 35.9 Å². The lowest BCUT2D eigenvalue weighted by Gasteiger charge is -2.14. The molecule has 0 aliphatic rings. The maximum Gasteiger partial charge on any atom is 0.313 e. The highest BCUT2D eigenvalue weighted by atomic mass is 32.2. The molecule has 0 spiro atoms. The summed E-state index contributed by atoms with van der Waals surface area (Å²) in [4.78, 5) is 11.6. The van der Waals surface area contributed by atoms with Crippen molar-refractivity contribution in [3.8, 4) is 0 Å². The lowest BCUT2D eigenvalue weighted by atomic mass is 9.97. The third kappa shape index (κ3) is 3.77. The van der Waals surface area contributed by atoms with E-state index in [0.717, 1.165) is 5.56 Å². The molecule has 0 fully saturated rings. The van der Waals surface area contributed by atoms with Crippen molar-refractivity contribution in [2.45, 2.75) is 12.3 Å². The molecule has 0 radical (unpaired) electrons. The average molecular weight is 240 g/mol. The number of esters is 1. The quantitative estimate of drug-likeness (QED) is 0.736. The number of methoxy groups -OCH3 is 1. The van der Waals surface area contributed by atoms with Crippen molar-refractivity contribution in [2.75, 3.05) is 19.1 Å². The molecule has 1 aromatic carbocycles. The number of carbonyl (C=O) groups excluding carboxylic acids is 1. The van der Waals surface area contributed by atoms with E-state index in [0.29, 0.717) is 12.2 Å². The number of carbonyl (C=O) groups is 1. The predicted octanol–water partition coefficient (Wildman–Crippen LogP) is 1.71. The van der Waals surface area contributed by atoms with Gasteiger partial charge in [0.05, 0.1) is 13.0 Å². The lowest BCUT2D eigenvalue weighted by molar-refractivity contribution is -0.142. The summed E-state index contributed by atoms with van der Waals surface area (Å²) in [6.45, 7) is 0. The summed E-state index contributed by atoms with van der Waals surface area (Å²) >= 11 is 0. The Bertz CT molecular complexity index is 362. The van der Waals surface area contributed by atoms with E-state index >= 15 is 0 Å². The second kappa shape index (κ2) is 6.43. The summed E-state index contributed by atoms with van der Waals surface area (Å²) in [5.74, 6) is -0.0685. The smallest absolute Gasteiger partial charge is 0.313 e. The molecule has 0 aliphatic heterocycles. The van der Waals surface area contributed by atoms with Crippen LogP contribution in [0.25, 0.3) is 0 Å². The molecule has 1 aromatic rings. The maximum atomic E-state index is 11.6. The number of benzene rings is 1. The third-order valence-electron chi connectivity index (χ3n) is 2.38. The largest absolute Gasteiger partial charge is 0.469 e. The van der Waals surface area contributed by atoms with Gasteiger partial charge >= 0.3 is 5.97 Å². The molecular formula is C12H16O3S. The first kappa shape index (κ1) is 12.9. The van der Waals surface area contributed by atoms with Gasteiger partial charge in [-0.25, -0.2) is 0 Å². The Hall–Kier alpha value is -1.16. The summed E-state index contributed by atoms with van der Waals surface area (Å²) in [5.41, 5.74) is 0.916. The fraction of sp³-hybridized carbons (Fsp3) is 0.417. The molecular weight excluding hydrogens is 224 g/mol. The lowest BCUT2D eigenvalue weighted by Crippen LogP contribution is -2.16. The molecule has 2 unspecified atom stereocenters. The van der Waals surface area contributed by atoms with Crippen molar-refractivity contribution >= 4 is 16.8 Å². The zero-order valence-corrected chi connectivity index (χ0v) is 10.3. The van der Waals surface area contributed by atoms with Crippen LogP contribution < -0.4 is 0 Å². The van der Waals surface area contributed by atoms with Crippen molar-refractivity contribution < 1.29 is 13.7 Å². The van der Waals surface area contributed by atoms with Gasteiger partial charge in [0.25, 0.3) is 0 Å². The highest BCUT2D eigenvalue weighted by Crippen LogP contribution is 2.21. The topological polar surface area (TPSA) is 43.4 Å². The molecule has 0 aromatic heterocycles. The van der Waals surface area contributed by atoms with Gasteiger partial charge in [0, 0.05) is 22.8 Å². The second-order valence-electron chi connectivity index (χ2n) is 3.55. The van der Waals surface area contributed by atoms with Crippen LogP contribution in [0.3, 0.4) is 0 Å². The van der Waals surface area contributed by atoms with Crippen molar-refractivity contribution in [1.29, 1.82) is 0 Å². The van der Waals surface area contributed by atoms with Crippen LogP contribution in [0.4, 0.5) is 0 Å². The minimum absolute atomic E-state index is 0.267. The monoisotopic (exact) mass is 240 g/mol. The Morgan fingerprint density at radius 1 is 1.38 bits per heavy atom. The van der Waals surface area contributed by atoms with E-state index in [9.17, 15) is 9.00 Å². The zero-order chi connectivity index (χ0) is 12.0. The van der Waals surface area contributed by atoms with Crippen LogP contribution in [0.15, 0.2) is 30.3 Å². The first-order valence-electron chi connectivity index (χ1n) is 5.08. The highest BCUT2D eigenvalue weighted by Gasteiger charge is 2.21. The van der Waals surface area contributed by atoms with Gasteiger partial charge in [-0.3, -0.25) is 9.00 Å². The van der Waals surface area contributed by atoms with Gasteiger partial charge in [-0.1, -0.05) is 30.3 Å². The summed E-state index contributed by atoms with van der Waals surface area (Å²) in [7, 11) is 0.490. The number of rotatable bonds is 5. The molecule has 3 nitrogen and oxygen atoms in total. The minimum Gasteiger partial charge on any atom is -0.469 e. The first-order valence-corrected chi connectivity index (χ1v) is 6.80. The van der Waals surface area contributed by atoms with E-state index in [-0.39, 0.29) is 11.9 Å². The van der Waals surface area contributed by atoms with Gasteiger partial charge in [0.15, 0.2) is 0 Å². The van der Waals surface area contributed by atoms with Gasteiger partial charge in [-0.15, -0.1) is 0 Å².